The van der Waals surface area contributed by atoms with Gasteiger partial charge in [-0.1, -0.05) is 63.1 Å². The highest BCUT2D eigenvalue weighted by Gasteiger charge is 2.10. The Morgan fingerprint density at radius 3 is 2.11 bits per heavy atom. The molecule has 0 bridgehead atoms. The van der Waals surface area contributed by atoms with Gasteiger partial charge in [0.2, 0.25) is 5.88 Å². The van der Waals surface area contributed by atoms with Crippen molar-refractivity contribution in [3.05, 3.63) is 77.6 Å². The minimum Gasteiger partial charge on any atom is -0.402 e. The lowest BCUT2D eigenvalue weighted by Gasteiger charge is -2.06. The number of carbonyl (C=O) groups is 1. The van der Waals surface area contributed by atoms with Crippen LogP contribution in [0.1, 0.15) is 54.6 Å². The Morgan fingerprint density at radius 1 is 0.821 bits per heavy atom. The van der Waals surface area contributed by atoms with Crippen LogP contribution in [0, 0.1) is 0 Å². The zero-order valence-electron chi connectivity index (χ0n) is 16.5. The van der Waals surface area contributed by atoms with Crippen LogP contribution in [0.5, 0.6) is 5.88 Å². The van der Waals surface area contributed by atoms with Gasteiger partial charge in [0, 0.05) is 5.56 Å². The summed E-state index contributed by atoms with van der Waals surface area (Å²) in [6.07, 6.45) is 8.64. The summed E-state index contributed by atoms with van der Waals surface area (Å²) in [5.41, 5.74) is 4.80. The summed E-state index contributed by atoms with van der Waals surface area (Å²) in [4.78, 5) is 20.9. The van der Waals surface area contributed by atoms with Gasteiger partial charge in [-0.2, -0.15) is 0 Å². The van der Waals surface area contributed by atoms with Crippen molar-refractivity contribution < 1.29 is 9.53 Å². The van der Waals surface area contributed by atoms with Crippen molar-refractivity contribution in [1.29, 1.82) is 0 Å². The Morgan fingerprint density at radius 2 is 1.50 bits per heavy atom. The van der Waals surface area contributed by atoms with E-state index in [1.807, 2.05) is 24.3 Å². The van der Waals surface area contributed by atoms with Crippen LogP contribution in [0.15, 0.2) is 60.9 Å². The summed E-state index contributed by atoms with van der Waals surface area (Å²) in [6, 6.07) is 15.9. The number of esters is 1. The molecule has 3 aromatic rings. The van der Waals surface area contributed by atoms with E-state index in [0.29, 0.717) is 5.56 Å². The molecule has 4 heteroatoms. The zero-order valence-corrected chi connectivity index (χ0v) is 16.5. The Balaban J connectivity index is 1.62. The van der Waals surface area contributed by atoms with E-state index in [9.17, 15) is 4.79 Å². The molecule has 0 saturated carbocycles. The summed E-state index contributed by atoms with van der Waals surface area (Å²) in [5.74, 6) is -0.223. The predicted molar refractivity (Wildman–Crippen MR) is 111 cm³/mol. The lowest BCUT2D eigenvalue weighted by atomic mass is 10.1. The Hall–Kier alpha value is -3.01. The molecule has 0 amide bonds. The van der Waals surface area contributed by atoms with Crippen LogP contribution in [0.25, 0.3) is 11.3 Å². The molecule has 0 aliphatic carbocycles. The third-order valence-corrected chi connectivity index (χ3v) is 4.62. The van der Waals surface area contributed by atoms with Gasteiger partial charge in [-0.3, -0.25) is 0 Å². The second kappa shape index (κ2) is 9.79. The number of benzene rings is 2. The van der Waals surface area contributed by atoms with Gasteiger partial charge >= 0.3 is 5.97 Å². The Labute approximate surface area is 166 Å². The molecule has 1 heterocycles. The van der Waals surface area contributed by atoms with Gasteiger partial charge in [-0.25, -0.2) is 14.8 Å². The molecule has 0 atom stereocenters. The van der Waals surface area contributed by atoms with E-state index in [1.165, 1.54) is 17.3 Å². The maximum Gasteiger partial charge on any atom is 0.344 e. The predicted octanol–water partition coefficient (Wildman–Crippen LogP) is 5.66. The van der Waals surface area contributed by atoms with Gasteiger partial charge in [-0.15, -0.1) is 0 Å². The van der Waals surface area contributed by atoms with Crippen molar-refractivity contribution in [2.75, 3.05) is 0 Å². The summed E-state index contributed by atoms with van der Waals surface area (Å²) in [6.45, 7) is 4.33. The zero-order chi connectivity index (χ0) is 19.8. The largest absolute Gasteiger partial charge is 0.402 e. The van der Waals surface area contributed by atoms with E-state index in [1.54, 1.807) is 18.3 Å². The monoisotopic (exact) mass is 374 g/mol. The van der Waals surface area contributed by atoms with E-state index in [0.717, 1.165) is 43.4 Å². The van der Waals surface area contributed by atoms with Gasteiger partial charge < -0.3 is 4.74 Å². The van der Waals surface area contributed by atoms with Gasteiger partial charge in [0.25, 0.3) is 0 Å². The average molecular weight is 374 g/mol. The molecule has 28 heavy (non-hydrogen) atoms. The summed E-state index contributed by atoms with van der Waals surface area (Å²) < 4.78 is 5.35. The van der Waals surface area contributed by atoms with Crippen molar-refractivity contribution >= 4 is 5.97 Å². The molecule has 0 aliphatic heterocycles. The molecular weight excluding hydrogens is 348 g/mol. The fourth-order valence-electron chi connectivity index (χ4n) is 2.99. The van der Waals surface area contributed by atoms with Crippen LogP contribution in [0.4, 0.5) is 0 Å². The maximum absolute atomic E-state index is 12.3. The number of aromatic nitrogens is 2. The summed E-state index contributed by atoms with van der Waals surface area (Å²) in [5, 5.41) is 0. The molecule has 0 aliphatic rings. The average Bonchev–Trinajstić information content (AvgIpc) is 2.74. The number of nitrogens with zero attached hydrogens (tertiary/aromatic N) is 2. The molecule has 144 valence electrons. The topological polar surface area (TPSA) is 52.1 Å². The van der Waals surface area contributed by atoms with Crippen molar-refractivity contribution in [2.45, 2.75) is 46.0 Å². The minimum absolute atomic E-state index is 0.200. The second-order valence-corrected chi connectivity index (χ2v) is 6.88. The highest BCUT2D eigenvalue weighted by atomic mass is 16.5. The van der Waals surface area contributed by atoms with Gasteiger partial charge in [-0.05, 0) is 42.5 Å². The van der Waals surface area contributed by atoms with Crippen molar-refractivity contribution in [1.82, 2.24) is 9.97 Å². The number of rotatable bonds is 8. The SMILES string of the molecule is CCCCc1ccc(C(=O)Oc2cnc(-c3ccc(CCC)cc3)cn2)cc1. The molecule has 0 N–H and O–H groups in total. The summed E-state index contributed by atoms with van der Waals surface area (Å²) >= 11 is 0. The Bertz CT molecular complexity index is 885. The van der Waals surface area contributed by atoms with Crippen molar-refractivity contribution in [2.24, 2.45) is 0 Å². The number of aryl methyl sites for hydroxylation is 2. The van der Waals surface area contributed by atoms with Gasteiger partial charge in [0.15, 0.2) is 0 Å². The number of ether oxygens (including phenoxy) is 1. The minimum atomic E-state index is -0.423. The van der Waals surface area contributed by atoms with Crippen LogP contribution in [-0.4, -0.2) is 15.9 Å². The second-order valence-electron chi connectivity index (χ2n) is 6.88. The highest BCUT2D eigenvalue weighted by Crippen LogP contribution is 2.19. The fourth-order valence-corrected chi connectivity index (χ4v) is 2.99. The first-order chi connectivity index (χ1) is 13.7. The highest BCUT2D eigenvalue weighted by molar-refractivity contribution is 5.90. The third-order valence-electron chi connectivity index (χ3n) is 4.62. The van der Waals surface area contributed by atoms with E-state index in [2.05, 4.69) is 35.9 Å². The number of hydrogen-bond acceptors (Lipinski definition) is 4. The molecule has 1 aromatic heterocycles. The summed E-state index contributed by atoms with van der Waals surface area (Å²) in [7, 11) is 0. The fraction of sp³-hybridized carbons (Fsp3) is 0.292. The lowest BCUT2D eigenvalue weighted by molar-refractivity contribution is 0.0727. The first kappa shape index (κ1) is 19.7. The van der Waals surface area contributed by atoms with Crippen LogP contribution < -0.4 is 4.74 Å². The molecule has 0 fully saturated rings. The smallest absolute Gasteiger partial charge is 0.344 e. The molecule has 0 unspecified atom stereocenters. The first-order valence-electron chi connectivity index (χ1n) is 9.92. The van der Waals surface area contributed by atoms with Crippen molar-refractivity contribution in [3.8, 4) is 17.1 Å². The number of carbonyl (C=O) groups excluding carboxylic acids is 1. The quantitative estimate of drug-likeness (QED) is 0.478. The van der Waals surface area contributed by atoms with E-state index in [4.69, 9.17) is 4.74 Å². The lowest BCUT2D eigenvalue weighted by Crippen LogP contribution is -2.09. The van der Waals surface area contributed by atoms with Crippen LogP contribution in [0.3, 0.4) is 0 Å². The van der Waals surface area contributed by atoms with E-state index < -0.39 is 5.97 Å². The standard InChI is InChI=1S/C24H26N2O2/c1-3-5-7-19-10-14-21(15-11-19)24(27)28-23-17-25-22(16-26-23)20-12-8-18(6-4-2)9-13-20/h8-17H,3-7H2,1-2H3. The van der Waals surface area contributed by atoms with E-state index >= 15 is 0 Å². The van der Waals surface area contributed by atoms with Crippen LogP contribution in [0.2, 0.25) is 0 Å². The normalized spacial score (nSPS) is 10.6. The van der Waals surface area contributed by atoms with Crippen LogP contribution in [-0.2, 0) is 12.8 Å². The van der Waals surface area contributed by atoms with Crippen molar-refractivity contribution in [3.63, 3.8) is 0 Å². The third kappa shape index (κ3) is 5.26. The molecule has 0 saturated heterocycles. The number of hydrogen-bond donors (Lipinski definition) is 0. The number of unbranched alkanes of at least 4 members (excludes halogenated alkanes) is 1. The Kier molecular flexibility index (Phi) is 6.90. The molecular formula is C24H26N2O2. The molecule has 2 aromatic carbocycles. The van der Waals surface area contributed by atoms with E-state index in [-0.39, 0.29) is 5.88 Å². The maximum atomic E-state index is 12.3. The molecule has 0 spiro atoms. The van der Waals surface area contributed by atoms with Gasteiger partial charge in [0.05, 0.1) is 23.7 Å². The van der Waals surface area contributed by atoms with Crippen LogP contribution >= 0.6 is 0 Å². The molecule has 0 radical (unpaired) electrons. The first-order valence-corrected chi connectivity index (χ1v) is 9.92. The molecule has 3 rings (SSSR count). The molecule has 4 nitrogen and oxygen atoms in total. The van der Waals surface area contributed by atoms with Gasteiger partial charge in [0.1, 0.15) is 0 Å².